The molecule has 0 radical (unpaired) electrons. The van der Waals surface area contributed by atoms with Crippen LogP contribution in [0, 0.1) is 0 Å². The van der Waals surface area contributed by atoms with E-state index < -0.39 is 0 Å². The van der Waals surface area contributed by atoms with Crippen LogP contribution in [0.5, 0.6) is 0 Å². The van der Waals surface area contributed by atoms with Gasteiger partial charge >= 0.3 is 0 Å². The smallest absolute Gasteiger partial charge is 0.256 e. The molecule has 0 atom stereocenters. The van der Waals surface area contributed by atoms with Gasteiger partial charge in [-0.1, -0.05) is 11.6 Å². The van der Waals surface area contributed by atoms with Crippen LogP contribution in [0.2, 0.25) is 5.15 Å². The van der Waals surface area contributed by atoms with Crippen LogP contribution in [0.1, 0.15) is 10.4 Å². The molecule has 20 heavy (non-hydrogen) atoms. The van der Waals surface area contributed by atoms with Gasteiger partial charge in [0.1, 0.15) is 17.3 Å². The lowest BCUT2D eigenvalue weighted by atomic mass is 10.1. The van der Waals surface area contributed by atoms with E-state index in [9.17, 15) is 4.79 Å². The Hall–Kier alpha value is -2.34. The number of amides is 1. The minimum Gasteiger partial charge on any atom is -0.397 e. The average Bonchev–Trinajstić information content (AvgIpc) is 2.38. The number of nitrogens with zero attached hydrogens (tertiary/aromatic N) is 3. The second-order valence-electron chi connectivity index (χ2n) is 4.35. The van der Waals surface area contributed by atoms with E-state index in [2.05, 4.69) is 15.3 Å². The third-order valence-corrected chi connectivity index (χ3v) is 2.85. The van der Waals surface area contributed by atoms with Crippen molar-refractivity contribution in [2.45, 2.75) is 0 Å². The highest BCUT2D eigenvalue weighted by molar-refractivity contribution is 6.29. The summed E-state index contributed by atoms with van der Waals surface area (Å²) >= 11 is 5.73. The zero-order valence-corrected chi connectivity index (χ0v) is 11.8. The Morgan fingerprint density at radius 3 is 2.65 bits per heavy atom. The minimum atomic E-state index is -0.309. The van der Waals surface area contributed by atoms with Crippen molar-refractivity contribution in [1.82, 2.24) is 9.97 Å². The Morgan fingerprint density at radius 2 is 2.05 bits per heavy atom. The lowest BCUT2D eigenvalue weighted by Crippen LogP contribution is -2.15. The number of halogens is 1. The molecule has 2 aromatic rings. The van der Waals surface area contributed by atoms with Crippen LogP contribution in [0.25, 0.3) is 0 Å². The predicted molar refractivity (Wildman–Crippen MR) is 80.2 cm³/mol. The Morgan fingerprint density at radius 1 is 1.30 bits per heavy atom. The summed E-state index contributed by atoms with van der Waals surface area (Å²) in [5.41, 5.74) is 7.74. The van der Waals surface area contributed by atoms with Gasteiger partial charge in [0.2, 0.25) is 0 Å². The van der Waals surface area contributed by atoms with Gasteiger partial charge < -0.3 is 16.0 Å². The fourth-order valence-electron chi connectivity index (χ4n) is 1.69. The molecule has 0 spiro atoms. The van der Waals surface area contributed by atoms with E-state index in [1.807, 2.05) is 19.0 Å². The van der Waals surface area contributed by atoms with Crippen molar-refractivity contribution in [3.63, 3.8) is 0 Å². The van der Waals surface area contributed by atoms with Crippen LogP contribution in [0.15, 0.2) is 30.6 Å². The van der Waals surface area contributed by atoms with Crippen LogP contribution in [0.4, 0.5) is 17.2 Å². The first kappa shape index (κ1) is 14.1. The molecule has 6 nitrogen and oxygen atoms in total. The van der Waals surface area contributed by atoms with E-state index in [-0.39, 0.29) is 11.1 Å². The molecule has 1 heterocycles. The van der Waals surface area contributed by atoms with Crippen LogP contribution in [-0.4, -0.2) is 30.0 Å². The summed E-state index contributed by atoms with van der Waals surface area (Å²) in [6.45, 7) is 0. The molecule has 7 heteroatoms. The zero-order valence-electron chi connectivity index (χ0n) is 11.1. The Balaban J connectivity index is 2.19. The number of nitrogens with one attached hydrogen (secondary N) is 1. The summed E-state index contributed by atoms with van der Waals surface area (Å²) in [5, 5.41) is 2.89. The molecule has 104 valence electrons. The van der Waals surface area contributed by atoms with E-state index in [4.69, 9.17) is 17.3 Å². The van der Waals surface area contributed by atoms with Crippen molar-refractivity contribution < 1.29 is 4.79 Å². The Kier molecular flexibility index (Phi) is 4.05. The first-order valence-electron chi connectivity index (χ1n) is 5.83. The highest BCUT2D eigenvalue weighted by atomic mass is 35.5. The maximum atomic E-state index is 12.1. The molecular formula is C13H14ClN5O. The number of nitrogen functional groups attached to an aromatic ring is 1. The van der Waals surface area contributed by atoms with E-state index in [0.29, 0.717) is 17.1 Å². The molecule has 1 amide bonds. The molecule has 0 aliphatic rings. The van der Waals surface area contributed by atoms with Gasteiger partial charge in [0, 0.05) is 25.7 Å². The maximum Gasteiger partial charge on any atom is 0.256 e. The normalized spacial score (nSPS) is 10.2. The second-order valence-corrected chi connectivity index (χ2v) is 4.74. The van der Waals surface area contributed by atoms with Gasteiger partial charge in [0.05, 0.1) is 11.4 Å². The van der Waals surface area contributed by atoms with Crippen molar-refractivity contribution in [2.24, 2.45) is 0 Å². The number of hydrogen-bond acceptors (Lipinski definition) is 5. The van der Waals surface area contributed by atoms with E-state index in [1.54, 1.807) is 18.2 Å². The largest absolute Gasteiger partial charge is 0.397 e. The fourth-order valence-corrected chi connectivity index (χ4v) is 1.84. The molecule has 0 fully saturated rings. The maximum absolute atomic E-state index is 12.1. The summed E-state index contributed by atoms with van der Waals surface area (Å²) in [7, 11) is 3.77. The second kappa shape index (κ2) is 5.75. The van der Waals surface area contributed by atoms with Crippen LogP contribution in [-0.2, 0) is 0 Å². The molecule has 2 rings (SSSR count). The highest BCUT2D eigenvalue weighted by Crippen LogP contribution is 2.22. The van der Waals surface area contributed by atoms with E-state index in [1.165, 1.54) is 12.4 Å². The SMILES string of the molecule is CN(C)c1ccc(C(=O)Nc2cc(Cl)ncn2)cc1N. The number of carbonyl (C=O) groups excluding carboxylic acids is 1. The highest BCUT2D eigenvalue weighted by Gasteiger charge is 2.10. The summed E-state index contributed by atoms with van der Waals surface area (Å²) in [4.78, 5) is 21.6. The molecule has 0 aliphatic heterocycles. The molecule has 0 aliphatic carbocycles. The zero-order chi connectivity index (χ0) is 14.7. The molecular weight excluding hydrogens is 278 g/mol. The monoisotopic (exact) mass is 291 g/mol. The molecule has 3 N–H and O–H groups in total. The third-order valence-electron chi connectivity index (χ3n) is 2.65. The number of benzene rings is 1. The van der Waals surface area contributed by atoms with Gasteiger partial charge in [0.25, 0.3) is 5.91 Å². The van der Waals surface area contributed by atoms with E-state index in [0.717, 1.165) is 5.69 Å². The lowest BCUT2D eigenvalue weighted by Gasteiger charge is -2.15. The van der Waals surface area contributed by atoms with Gasteiger partial charge in [-0.15, -0.1) is 0 Å². The summed E-state index contributed by atoms with van der Waals surface area (Å²) in [5.74, 6) is 0.0297. The molecule has 1 aromatic heterocycles. The van der Waals surface area contributed by atoms with Gasteiger partial charge in [-0.2, -0.15) is 0 Å². The molecule has 0 saturated carbocycles. The topological polar surface area (TPSA) is 84.1 Å². The summed E-state index contributed by atoms with van der Waals surface area (Å²) in [6, 6.07) is 6.57. The number of hydrogen-bond donors (Lipinski definition) is 2. The Bertz CT molecular complexity index is 644. The van der Waals surface area contributed by atoms with Crippen LogP contribution < -0.4 is 16.0 Å². The standard InChI is InChI=1S/C13H14ClN5O/c1-19(2)10-4-3-8(5-9(10)15)13(20)18-12-6-11(14)16-7-17-12/h3-7H,15H2,1-2H3,(H,16,17,18,20). The quantitative estimate of drug-likeness (QED) is 0.668. The number of aromatic nitrogens is 2. The van der Waals surface area contributed by atoms with Crippen molar-refractivity contribution in [3.8, 4) is 0 Å². The van der Waals surface area contributed by atoms with Gasteiger partial charge in [-0.05, 0) is 18.2 Å². The molecule has 1 aromatic carbocycles. The van der Waals surface area contributed by atoms with Gasteiger partial charge in [-0.3, -0.25) is 4.79 Å². The lowest BCUT2D eigenvalue weighted by molar-refractivity contribution is 0.102. The first-order chi connectivity index (χ1) is 9.47. The number of rotatable bonds is 3. The number of carbonyl (C=O) groups is 1. The average molecular weight is 292 g/mol. The van der Waals surface area contributed by atoms with Crippen LogP contribution in [0.3, 0.4) is 0 Å². The molecule has 0 bridgehead atoms. The third kappa shape index (κ3) is 3.16. The number of anilines is 3. The van der Waals surface area contributed by atoms with Crippen molar-refractivity contribution >= 4 is 34.7 Å². The van der Waals surface area contributed by atoms with Crippen molar-refractivity contribution in [3.05, 3.63) is 41.3 Å². The minimum absolute atomic E-state index is 0.262. The van der Waals surface area contributed by atoms with Gasteiger partial charge in [-0.25, -0.2) is 9.97 Å². The van der Waals surface area contributed by atoms with E-state index >= 15 is 0 Å². The first-order valence-corrected chi connectivity index (χ1v) is 6.21. The van der Waals surface area contributed by atoms with Crippen molar-refractivity contribution in [2.75, 3.05) is 30.0 Å². The van der Waals surface area contributed by atoms with Crippen LogP contribution >= 0.6 is 11.6 Å². The number of nitrogens with two attached hydrogens (primary N) is 1. The molecule has 0 saturated heterocycles. The predicted octanol–water partition coefficient (Wildman–Crippen LogP) is 2.03. The van der Waals surface area contributed by atoms with Crippen molar-refractivity contribution in [1.29, 1.82) is 0 Å². The Labute approximate surface area is 121 Å². The summed E-state index contributed by atoms with van der Waals surface area (Å²) in [6.07, 6.45) is 1.28. The van der Waals surface area contributed by atoms with Gasteiger partial charge in [0.15, 0.2) is 0 Å². The fraction of sp³-hybridized carbons (Fsp3) is 0.154. The molecule has 0 unspecified atom stereocenters. The summed E-state index contributed by atoms with van der Waals surface area (Å²) < 4.78 is 0.